The summed E-state index contributed by atoms with van der Waals surface area (Å²) in [4.78, 5) is 18.1. The summed E-state index contributed by atoms with van der Waals surface area (Å²) in [6.07, 6.45) is 7.12. The van der Waals surface area contributed by atoms with Crippen molar-refractivity contribution in [1.29, 1.82) is 0 Å². The van der Waals surface area contributed by atoms with E-state index in [1.54, 1.807) is 25.6 Å². The van der Waals surface area contributed by atoms with E-state index in [4.69, 9.17) is 9.15 Å². The maximum atomic E-state index is 15.5. The number of methoxy groups -OCH3 is 1. The van der Waals surface area contributed by atoms with Gasteiger partial charge in [0.15, 0.2) is 0 Å². The van der Waals surface area contributed by atoms with E-state index in [-0.39, 0.29) is 12.3 Å². The van der Waals surface area contributed by atoms with Crippen molar-refractivity contribution in [3.05, 3.63) is 60.2 Å². The highest BCUT2D eigenvalue weighted by atomic mass is 19.1. The molecule has 3 aromatic rings. The molecule has 7 heteroatoms. The second-order valence-electron chi connectivity index (χ2n) is 9.55. The number of likely N-dealkylation sites (tertiary alicyclic amines) is 1. The molecule has 0 saturated carbocycles. The second-order valence-corrected chi connectivity index (χ2v) is 9.55. The minimum absolute atomic E-state index is 0.162. The molecule has 0 bridgehead atoms. The van der Waals surface area contributed by atoms with Crippen LogP contribution in [0.25, 0.3) is 10.9 Å². The topological polar surface area (TPSA) is 75.8 Å². The van der Waals surface area contributed by atoms with Gasteiger partial charge in [0.05, 0.1) is 18.9 Å². The number of hydrogen-bond donors (Lipinski definition) is 1. The Labute approximate surface area is 206 Å². The fraction of sp³-hybridized carbons (Fsp3) is 0.500. The highest BCUT2D eigenvalue weighted by molar-refractivity contribution is 5.83. The number of pyridine rings is 1. The van der Waals surface area contributed by atoms with Crippen LogP contribution in [-0.4, -0.2) is 47.7 Å². The third-order valence-electron chi connectivity index (χ3n) is 7.29. The second kappa shape index (κ2) is 12.2. The Bertz CT molecular complexity index is 1090. The first-order chi connectivity index (χ1) is 17.0. The molecule has 0 spiro atoms. The van der Waals surface area contributed by atoms with Gasteiger partial charge in [-0.25, -0.2) is 4.39 Å². The van der Waals surface area contributed by atoms with E-state index in [1.165, 1.54) is 0 Å². The monoisotopic (exact) mass is 482 g/mol. The van der Waals surface area contributed by atoms with Crippen LogP contribution in [0.1, 0.15) is 56.0 Å². The minimum Gasteiger partial charge on any atom is -0.497 e. The van der Waals surface area contributed by atoms with Gasteiger partial charge in [0.2, 0.25) is 0 Å². The number of aryl methyl sites for hydroxylation is 1. The van der Waals surface area contributed by atoms with Crippen LogP contribution in [-0.2, 0) is 11.2 Å². The van der Waals surface area contributed by atoms with Crippen LogP contribution in [0.3, 0.4) is 0 Å². The molecule has 1 saturated heterocycles. The third kappa shape index (κ3) is 6.82. The Kier molecular flexibility index (Phi) is 8.74. The first-order valence-electron chi connectivity index (χ1n) is 12.6. The van der Waals surface area contributed by atoms with E-state index in [0.29, 0.717) is 30.1 Å². The molecule has 188 valence electrons. The Morgan fingerprint density at radius 1 is 1.29 bits per heavy atom. The van der Waals surface area contributed by atoms with Gasteiger partial charge in [0.1, 0.15) is 17.7 Å². The summed E-state index contributed by atoms with van der Waals surface area (Å²) >= 11 is 0. The van der Waals surface area contributed by atoms with Crippen molar-refractivity contribution in [2.75, 3.05) is 26.7 Å². The minimum atomic E-state index is -1.10. The van der Waals surface area contributed by atoms with E-state index >= 15 is 4.39 Å². The Hall–Kier alpha value is -2.93. The molecule has 2 aromatic heterocycles. The van der Waals surface area contributed by atoms with Gasteiger partial charge in [0.25, 0.3) is 0 Å². The molecule has 35 heavy (non-hydrogen) atoms. The van der Waals surface area contributed by atoms with Crippen molar-refractivity contribution >= 4 is 16.9 Å². The summed E-state index contributed by atoms with van der Waals surface area (Å²) in [6.45, 7) is 2.81. The first kappa shape index (κ1) is 25.2. The summed E-state index contributed by atoms with van der Waals surface area (Å²) in [6, 6.07) is 11.2. The molecule has 3 heterocycles. The van der Waals surface area contributed by atoms with E-state index < -0.39 is 12.1 Å². The van der Waals surface area contributed by atoms with Crippen molar-refractivity contribution in [2.45, 2.75) is 51.1 Å². The third-order valence-corrected chi connectivity index (χ3v) is 7.29. The molecule has 6 nitrogen and oxygen atoms in total. The lowest BCUT2D eigenvalue weighted by Gasteiger charge is -2.39. The molecule has 0 aliphatic carbocycles. The number of hydrogen-bond acceptors (Lipinski definition) is 5. The number of alkyl halides is 1. The average Bonchev–Trinajstić information content (AvgIpc) is 3.39. The molecule has 1 aliphatic rings. The quantitative estimate of drug-likeness (QED) is 0.338. The van der Waals surface area contributed by atoms with Crippen LogP contribution < -0.4 is 4.74 Å². The zero-order valence-electron chi connectivity index (χ0n) is 20.4. The lowest BCUT2D eigenvalue weighted by molar-refractivity contribution is -0.137. The lowest BCUT2D eigenvalue weighted by atomic mass is 9.79. The number of benzene rings is 1. The van der Waals surface area contributed by atoms with Gasteiger partial charge in [0, 0.05) is 31.0 Å². The molecule has 2 unspecified atom stereocenters. The number of piperidine rings is 1. The number of nitrogens with zero attached hydrogens (tertiary/aromatic N) is 2. The number of fused-ring (bicyclic) bond motifs is 1. The Morgan fingerprint density at radius 3 is 2.94 bits per heavy atom. The summed E-state index contributed by atoms with van der Waals surface area (Å²) < 4.78 is 26.2. The van der Waals surface area contributed by atoms with Gasteiger partial charge in [-0.1, -0.05) is 0 Å². The van der Waals surface area contributed by atoms with Crippen LogP contribution in [0.2, 0.25) is 0 Å². The van der Waals surface area contributed by atoms with Gasteiger partial charge in [-0.3, -0.25) is 9.78 Å². The molecular weight excluding hydrogens is 447 g/mol. The fourth-order valence-electron chi connectivity index (χ4n) is 5.37. The lowest BCUT2D eigenvalue weighted by Crippen LogP contribution is -2.41. The van der Waals surface area contributed by atoms with Crippen molar-refractivity contribution in [3.63, 3.8) is 0 Å². The number of ether oxygens (including phenoxy) is 1. The SMILES string of the molecule is COc1ccc2nccc([C@@H](F)CCC3CCN(CCCc4ccco4)CC3CCC(=O)O)c2c1. The van der Waals surface area contributed by atoms with E-state index in [2.05, 4.69) is 9.88 Å². The van der Waals surface area contributed by atoms with Gasteiger partial charge < -0.3 is 19.2 Å². The molecule has 0 radical (unpaired) electrons. The maximum Gasteiger partial charge on any atom is 0.303 e. The van der Waals surface area contributed by atoms with Gasteiger partial charge in [-0.2, -0.15) is 0 Å². The number of rotatable bonds is 12. The number of furan rings is 1. The fourth-order valence-corrected chi connectivity index (χ4v) is 5.37. The largest absolute Gasteiger partial charge is 0.497 e. The predicted octanol–water partition coefficient (Wildman–Crippen LogP) is 6.06. The van der Waals surface area contributed by atoms with Crippen LogP contribution in [0.4, 0.5) is 4.39 Å². The number of halogens is 1. The molecule has 1 N–H and O–H groups in total. The van der Waals surface area contributed by atoms with Crippen LogP contribution in [0.15, 0.2) is 53.3 Å². The highest BCUT2D eigenvalue weighted by Gasteiger charge is 2.30. The molecule has 1 fully saturated rings. The van der Waals surface area contributed by atoms with Gasteiger partial charge in [-0.05, 0) is 99.0 Å². The van der Waals surface area contributed by atoms with Gasteiger partial charge >= 0.3 is 5.97 Å². The normalized spacial score (nSPS) is 19.6. The molecule has 0 amide bonds. The number of carboxylic acid groups (broad SMARTS) is 1. The Morgan fingerprint density at radius 2 is 2.17 bits per heavy atom. The molecule has 4 rings (SSSR count). The van der Waals surface area contributed by atoms with Crippen molar-refractivity contribution < 1.29 is 23.4 Å². The Balaban J connectivity index is 1.36. The van der Waals surface area contributed by atoms with Crippen LogP contribution in [0.5, 0.6) is 5.75 Å². The van der Waals surface area contributed by atoms with Crippen LogP contribution in [0, 0.1) is 11.8 Å². The highest BCUT2D eigenvalue weighted by Crippen LogP contribution is 2.36. The summed E-state index contributed by atoms with van der Waals surface area (Å²) in [7, 11) is 1.60. The number of aromatic nitrogens is 1. The van der Waals surface area contributed by atoms with E-state index in [0.717, 1.165) is 62.0 Å². The van der Waals surface area contributed by atoms with E-state index in [1.807, 2.05) is 30.3 Å². The molecule has 1 aliphatic heterocycles. The number of carboxylic acids is 1. The molecule has 3 atom stereocenters. The summed E-state index contributed by atoms with van der Waals surface area (Å²) in [5, 5.41) is 10.0. The first-order valence-corrected chi connectivity index (χ1v) is 12.6. The van der Waals surface area contributed by atoms with E-state index in [9.17, 15) is 9.90 Å². The van der Waals surface area contributed by atoms with Crippen molar-refractivity contribution in [3.8, 4) is 5.75 Å². The molecule has 1 aromatic carbocycles. The summed E-state index contributed by atoms with van der Waals surface area (Å²) in [5.74, 6) is 1.52. The number of aliphatic carboxylic acids is 1. The maximum absolute atomic E-state index is 15.5. The standard InChI is InChI=1S/C28H35FN2O4/c1-34-23-8-10-27-25(18-23)24(12-14-30-27)26(29)9-6-20-13-16-31(19-21(20)7-11-28(32)33)15-2-4-22-5-3-17-35-22/h3,5,8,10,12,14,17-18,20-21,26H,2,4,6-7,9,11,13,15-16,19H2,1H3,(H,32,33)/t20?,21?,26-/m0/s1. The van der Waals surface area contributed by atoms with Crippen LogP contribution >= 0.6 is 0 Å². The number of carbonyl (C=O) groups is 1. The van der Waals surface area contributed by atoms with Gasteiger partial charge in [-0.15, -0.1) is 0 Å². The van der Waals surface area contributed by atoms with Crippen molar-refractivity contribution in [1.82, 2.24) is 9.88 Å². The summed E-state index contributed by atoms with van der Waals surface area (Å²) in [5.41, 5.74) is 1.40. The average molecular weight is 483 g/mol. The zero-order valence-corrected chi connectivity index (χ0v) is 20.4. The molecular formula is C28H35FN2O4. The predicted molar refractivity (Wildman–Crippen MR) is 133 cm³/mol. The smallest absolute Gasteiger partial charge is 0.303 e. The van der Waals surface area contributed by atoms with Crippen molar-refractivity contribution in [2.24, 2.45) is 11.8 Å². The zero-order chi connectivity index (χ0) is 24.6.